The summed E-state index contributed by atoms with van der Waals surface area (Å²) in [5, 5.41) is 11.1. The van der Waals surface area contributed by atoms with Gasteiger partial charge in [0.1, 0.15) is 17.3 Å². The molecule has 9 nitrogen and oxygen atoms in total. The average Bonchev–Trinajstić information content (AvgIpc) is 3.06. The molecule has 0 saturated carbocycles. The van der Waals surface area contributed by atoms with E-state index < -0.39 is 23.6 Å². The zero-order chi connectivity index (χ0) is 24.8. The number of aliphatic hydroxyl groups is 1. The maximum Gasteiger partial charge on any atom is 0.295 e. The van der Waals surface area contributed by atoms with Crippen molar-refractivity contribution in [3.63, 3.8) is 0 Å². The molecule has 3 N–H and O–H groups in total. The van der Waals surface area contributed by atoms with Gasteiger partial charge in [0, 0.05) is 18.7 Å². The quantitative estimate of drug-likeness (QED) is 0.311. The molecule has 1 heterocycles. The van der Waals surface area contributed by atoms with Crippen molar-refractivity contribution < 1.29 is 29.0 Å². The van der Waals surface area contributed by atoms with Crippen molar-refractivity contribution in [3.05, 3.63) is 65.2 Å². The summed E-state index contributed by atoms with van der Waals surface area (Å²) >= 11 is 0. The van der Waals surface area contributed by atoms with Gasteiger partial charge >= 0.3 is 0 Å². The summed E-state index contributed by atoms with van der Waals surface area (Å²) in [6.07, 6.45) is 0. The lowest BCUT2D eigenvalue weighted by atomic mass is 9.95. The summed E-state index contributed by atoms with van der Waals surface area (Å²) in [4.78, 5) is 40.3. The number of Topliss-reactive ketones (excluding diaryl/α,β-unsaturated/α-hetero) is 1. The van der Waals surface area contributed by atoms with E-state index in [2.05, 4.69) is 0 Å². The standard InChI is InChI=1S/C25H29N3O6/c1-4-33-18-11-7-17(8-12-18)23(30)21-22(28(14-13-27(2)3)25(32)24(21)31)16-5-9-19(10-6-16)34-15-20(26)29/h5-12,22,30H,4,13-15H2,1-3H3,(H2,26,29)/b23-21+. The molecule has 2 amide bonds. The molecule has 34 heavy (non-hydrogen) atoms. The molecule has 3 rings (SSSR count). The molecule has 1 atom stereocenters. The van der Waals surface area contributed by atoms with Crippen LogP contribution in [0.5, 0.6) is 11.5 Å². The van der Waals surface area contributed by atoms with E-state index in [9.17, 15) is 19.5 Å². The van der Waals surface area contributed by atoms with E-state index in [0.29, 0.717) is 42.3 Å². The van der Waals surface area contributed by atoms with E-state index in [-0.39, 0.29) is 17.9 Å². The number of carbonyl (C=O) groups is 3. The molecule has 180 valence electrons. The second-order valence-corrected chi connectivity index (χ2v) is 8.08. The molecule has 0 aliphatic carbocycles. The minimum Gasteiger partial charge on any atom is -0.507 e. The Morgan fingerprint density at radius 3 is 2.18 bits per heavy atom. The minimum atomic E-state index is -0.781. The van der Waals surface area contributed by atoms with Crippen molar-refractivity contribution in [2.24, 2.45) is 5.73 Å². The lowest BCUT2D eigenvalue weighted by Crippen LogP contribution is -2.35. The van der Waals surface area contributed by atoms with Crippen LogP contribution in [0.3, 0.4) is 0 Å². The Balaban J connectivity index is 2.03. The minimum absolute atomic E-state index is 0.0127. The van der Waals surface area contributed by atoms with Crippen LogP contribution in [0.4, 0.5) is 0 Å². The molecular weight excluding hydrogens is 438 g/mol. The topological polar surface area (TPSA) is 122 Å². The number of hydrogen-bond acceptors (Lipinski definition) is 7. The summed E-state index contributed by atoms with van der Waals surface area (Å²) < 4.78 is 10.7. The summed E-state index contributed by atoms with van der Waals surface area (Å²) in [5.74, 6) is -1.23. The van der Waals surface area contributed by atoms with Gasteiger partial charge in [0.2, 0.25) is 0 Å². The van der Waals surface area contributed by atoms with E-state index in [1.165, 1.54) is 4.90 Å². The van der Waals surface area contributed by atoms with E-state index in [1.54, 1.807) is 48.5 Å². The smallest absolute Gasteiger partial charge is 0.295 e. The Labute approximate surface area is 198 Å². The molecule has 0 aromatic heterocycles. The highest BCUT2D eigenvalue weighted by Crippen LogP contribution is 2.39. The van der Waals surface area contributed by atoms with Gasteiger partial charge in [-0.15, -0.1) is 0 Å². The highest BCUT2D eigenvalue weighted by molar-refractivity contribution is 6.46. The number of ether oxygens (including phenoxy) is 2. The van der Waals surface area contributed by atoms with Crippen LogP contribution in [0.25, 0.3) is 5.76 Å². The normalized spacial score (nSPS) is 17.3. The van der Waals surface area contributed by atoms with Crippen molar-refractivity contribution in [3.8, 4) is 11.5 Å². The third kappa shape index (κ3) is 5.55. The lowest BCUT2D eigenvalue weighted by molar-refractivity contribution is -0.140. The number of nitrogens with zero attached hydrogens (tertiary/aromatic N) is 2. The molecule has 1 unspecified atom stereocenters. The number of carbonyl (C=O) groups excluding carboxylic acids is 3. The van der Waals surface area contributed by atoms with Gasteiger partial charge in [0.15, 0.2) is 6.61 Å². The van der Waals surface area contributed by atoms with Crippen molar-refractivity contribution >= 4 is 23.4 Å². The highest BCUT2D eigenvalue weighted by Gasteiger charge is 2.45. The summed E-state index contributed by atoms with van der Waals surface area (Å²) in [5.41, 5.74) is 6.16. The number of benzene rings is 2. The monoisotopic (exact) mass is 467 g/mol. The van der Waals surface area contributed by atoms with Gasteiger partial charge in [-0.2, -0.15) is 0 Å². The summed E-state index contributed by atoms with van der Waals surface area (Å²) in [7, 11) is 3.74. The van der Waals surface area contributed by atoms with Crippen LogP contribution in [0.15, 0.2) is 54.1 Å². The molecule has 1 aliphatic rings. The molecule has 2 aromatic rings. The fourth-order valence-electron chi connectivity index (χ4n) is 3.70. The first-order chi connectivity index (χ1) is 16.2. The van der Waals surface area contributed by atoms with Gasteiger partial charge in [-0.3, -0.25) is 14.4 Å². The van der Waals surface area contributed by atoms with Crippen molar-refractivity contribution in [1.29, 1.82) is 0 Å². The van der Waals surface area contributed by atoms with Crippen LogP contribution >= 0.6 is 0 Å². The second kappa shape index (κ2) is 10.8. The first kappa shape index (κ1) is 24.8. The van der Waals surface area contributed by atoms with Crippen molar-refractivity contribution in [2.45, 2.75) is 13.0 Å². The van der Waals surface area contributed by atoms with E-state index in [0.717, 1.165) is 0 Å². The SMILES string of the molecule is CCOc1ccc(/C(O)=C2\C(=O)C(=O)N(CCN(C)C)C2c2ccc(OCC(N)=O)cc2)cc1. The molecule has 0 radical (unpaired) electrons. The highest BCUT2D eigenvalue weighted by atomic mass is 16.5. The fourth-order valence-corrected chi connectivity index (χ4v) is 3.70. The van der Waals surface area contributed by atoms with Gasteiger partial charge in [-0.1, -0.05) is 12.1 Å². The zero-order valence-electron chi connectivity index (χ0n) is 19.5. The Kier molecular flexibility index (Phi) is 7.91. The number of primary amides is 1. The number of hydrogen-bond donors (Lipinski definition) is 2. The fraction of sp³-hybridized carbons (Fsp3) is 0.320. The molecule has 0 bridgehead atoms. The Hall–Kier alpha value is -3.85. The maximum absolute atomic E-state index is 13.0. The van der Waals surface area contributed by atoms with Crippen LogP contribution in [-0.4, -0.2) is 72.9 Å². The molecule has 1 saturated heterocycles. The van der Waals surface area contributed by atoms with Gasteiger partial charge < -0.3 is 30.1 Å². The average molecular weight is 468 g/mol. The lowest BCUT2D eigenvalue weighted by Gasteiger charge is -2.26. The molecule has 1 aliphatic heterocycles. The Bertz CT molecular complexity index is 1080. The van der Waals surface area contributed by atoms with Crippen LogP contribution < -0.4 is 15.2 Å². The van der Waals surface area contributed by atoms with Gasteiger partial charge in [0.25, 0.3) is 17.6 Å². The van der Waals surface area contributed by atoms with E-state index in [1.807, 2.05) is 25.9 Å². The first-order valence-electron chi connectivity index (χ1n) is 10.9. The number of amides is 2. The number of nitrogens with two attached hydrogens (primary N) is 1. The number of rotatable bonds is 10. The summed E-state index contributed by atoms with van der Waals surface area (Å²) in [6, 6.07) is 12.5. The number of likely N-dealkylation sites (N-methyl/N-ethyl adjacent to an activating group) is 1. The van der Waals surface area contributed by atoms with Crippen molar-refractivity contribution in [1.82, 2.24) is 9.80 Å². The predicted octanol–water partition coefficient (Wildman–Crippen LogP) is 1.93. The number of aliphatic hydroxyl groups excluding tert-OH is 1. The molecule has 2 aromatic carbocycles. The largest absolute Gasteiger partial charge is 0.507 e. The number of likely N-dealkylation sites (tertiary alicyclic amines) is 1. The first-order valence-corrected chi connectivity index (χ1v) is 10.9. The van der Waals surface area contributed by atoms with E-state index >= 15 is 0 Å². The van der Waals surface area contributed by atoms with E-state index in [4.69, 9.17) is 15.2 Å². The van der Waals surface area contributed by atoms with Crippen LogP contribution in [0.2, 0.25) is 0 Å². The van der Waals surface area contributed by atoms with Crippen LogP contribution in [0, 0.1) is 0 Å². The van der Waals surface area contributed by atoms with Crippen molar-refractivity contribution in [2.75, 3.05) is 40.4 Å². The third-order valence-electron chi connectivity index (χ3n) is 5.34. The Morgan fingerprint density at radius 1 is 1.03 bits per heavy atom. The van der Waals surface area contributed by atoms with Gasteiger partial charge in [-0.25, -0.2) is 0 Å². The van der Waals surface area contributed by atoms with Gasteiger partial charge in [0.05, 0.1) is 18.2 Å². The molecule has 1 fully saturated rings. The number of ketones is 1. The molecule has 0 spiro atoms. The zero-order valence-corrected chi connectivity index (χ0v) is 19.5. The maximum atomic E-state index is 13.0. The van der Waals surface area contributed by atoms with Crippen LogP contribution in [0.1, 0.15) is 24.1 Å². The molecular formula is C25H29N3O6. The summed E-state index contributed by atoms with van der Waals surface area (Å²) in [6.45, 7) is 2.93. The molecule has 9 heteroatoms. The van der Waals surface area contributed by atoms with Gasteiger partial charge in [-0.05, 0) is 63.0 Å². The Morgan fingerprint density at radius 2 is 1.62 bits per heavy atom. The predicted molar refractivity (Wildman–Crippen MR) is 126 cm³/mol. The van der Waals surface area contributed by atoms with Crippen LogP contribution in [-0.2, 0) is 14.4 Å². The second-order valence-electron chi connectivity index (χ2n) is 8.08. The third-order valence-corrected chi connectivity index (χ3v) is 5.34.